The van der Waals surface area contributed by atoms with Gasteiger partial charge in [-0.3, -0.25) is 0 Å². The smallest absolute Gasteiger partial charge is 0.138 e. The second-order valence-corrected chi connectivity index (χ2v) is 5.65. The minimum atomic E-state index is -0.256. The minimum Gasteiger partial charge on any atom is -0.367 e. The first-order chi connectivity index (χ1) is 10.5. The number of aromatic nitrogens is 2. The summed E-state index contributed by atoms with van der Waals surface area (Å²) in [6.45, 7) is 7.91. The molecule has 1 aromatic heterocycles. The highest BCUT2D eigenvalue weighted by molar-refractivity contribution is 7.79. The van der Waals surface area contributed by atoms with Crippen molar-refractivity contribution in [1.29, 1.82) is 0 Å². The standard InChI is InChI=1S/C17H20FN3S/c1-5-11(3)19-17-15(9-22)16(20-12(4)21-17)14-7-6-13(18)8-10(14)2/h6-9,11H,5H2,1-4H3,(H,19,20,21). The number of thiocarbonyl (C=S) groups is 1. The molecule has 3 nitrogen and oxygen atoms in total. The fraction of sp³-hybridized carbons (Fsp3) is 0.353. The summed E-state index contributed by atoms with van der Waals surface area (Å²) in [5.74, 6) is 1.13. The normalized spacial score (nSPS) is 12.0. The van der Waals surface area contributed by atoms with Crippen LogP contribution in [-0.2, 0) is 0 Å². The average Bonchev–Trinajstić information content (AvgIpc) is 2.46. The lowest BCUT2D eigenvalue weighted by Gasteiger charge is -2.17. The lowest BCUT2D eigenvalue weighted by atomic mass is 10.0. The SMILES string of the molecule is CCC(C)Nc1nc(C)nc(-c2ccc(F)cc2C)c1C=S. The molecule has 1 atom stereocenters. The van der Waals surface area contributed by atoms with E-state index < -0.39 is 0 Å². The summed E-state index contributed by atoms with van der Waals surface area (Å²) in [4.78, 5) is 9.00. The zero-order valence-corrected chi connectivity index (χ0v) is 14.1. The quantitative estimate of drug-likeness (QED) is 0.826. The molecule has 0 amide bonds. The van der Waals surface area contributed by atoms with Crippen LogP contribution in [-0.4, -0.2) is 21.4 Å². The summed E-state index contributed by atoms with van der Waals surface area (Å²) in [5.41, 5.74) is 3.21. The molecule has 0 aliphatic carbocycles. The lowest BCUT2D eigenvalue weighted by molar-refractivity contribution is 0.627. The number of halogens is 1. The van der Waals surface area contributed by atoms with Gasteiger partial charge in [0.15, 0.2) is 0 Å². The summed E-state index contributed by atoms with van der Waals surface area (Å²) >= 11 is 5.18. The van der Waals surface area contributed by atoms with E-state index >= 15 is 0 Å². The van der Waals surface area contributed by atoms with Crippen LogP contribution in [0.1, 0.15) is 37.2 Å². The van der Waals surface area contributed by atoms with Gasteiger partial charge in [-0.05, 0) is 51.0 Å². The zero-order chi connectivity index (χ0) is 16.3. The summed E-state index contributed by atoms with van der Waals surface area (Å²) in [5, 5.41) is 4.96. The maximum absolute atomic E-state index is 13.3. The number of aryl methyl sites for hydroxylation is 2. The predicted octanol–water partition coefficient (Wildman–Crippen LogP) is 4.46. The fourth-order valence-corrected chi connectivity index (χ4v) is 2.46. The number of hydrogen-bond donors (Lipinski definition) is 1. The Labute approximate surface area is 136 Å². The summed E-state index contributed by atoms with van der Waals surface area (Å²) in [7, 11) is 0. The highest BCUT2D eigenvalue weighted by atomic mass is 32.1. The molecule has 0 spiro atoms. The van der Waals surface area contributed by atoms with Crippen LogP contribution in [0.2, 0.25) is 0 Å². The summed E-state index contributed by atoms with van der Waals surface area (Å²) in [6.07, 6.45) is 0.977. The molecule has 2 aromatic rings. The molecular weight excluding hydrogens is 297 g/mol. The first-order valence-corrected chi connectivity index (χ1v) is 7.80. The van der Waals surface area contributed by atoms with Crippen molar-refractivity contribution in [3.05, 3.63) is 41.0 Å². The fourth-order valence-electron chi connectivity index (χ4n) is 2.24. The Hall–Kier alpha value is -1.88. The molecule has 0 saturated carbocycles. The molecule has 0 fully saturated rings. The van der Waals surface area contributed by atoms with E-state index in [-0.39, 0.29) is 11.9 Å². The second kappa shape index (κ2) is 6.92. The van der Waals surface area contributed by atoms with Gasteiger partial charge in [0.2, 0.25) is 0 Å². The molecule has 5 heteroatoms. The van der Waals surface area contributed by atoms with Gasteiger partial charge < -0.3 is 5.32 Å². The van der Waals surface area contributed by atoms with Gasteiger partial charge >= 0.3 is 0 Å². The van der Waals surface area contributed by atoms with E-state index in [1.54, 1.807) is 11.4 Å². The van der Waals surface area contributed by atoms with Crippen LogP contribution in [0.3, 0.4) is 0 Å². The molecule has 1 unspecified atom stereocenters. The van der Waals surface area contributed by atoms with Crippen molar-refractivity contribution in [2.45, 2.75) is 40.2 Å². The van der Waals surface area contributed by atoms with Gasteiger partial charge in [0.1, 0.15) is 17.5 Å². The third-order valence-electron chi connectivity index (χ3n) is 3.61. The van der Waals surface area contributed by atoms with Crippen molar-refractivity contribution in [1.82, 2.24) is 9.97 Å². The van der Waals surface area contributed by atoms with Crippen molar-refractivity contribution in [3.8, 4) is 11.3 Å². The lowest BCUT2D eigenvalue weighted by Crippen LogP contribution is -2.17. The van der Waals surface area contributed by atoms with Crippen molar-refractivity contribution >= 4 is 23.4 Å². The van der Waals surface area contributed by atoms with Crippen LogP contribution in [0.4, 0.5) is 10.2 Å². The maximum Gasteiger partial charge on any atom is 0.138 e. The van der Waals surface area contributed by atoms with Crippen molar-refractivity contribution < 1.29 is 4.39 Å². The molecule has 0 saturated heterocycles. The van der Waals surface area contributed by atoms with Gasteiger partial charge in [-0.2, -0.15) is 0 Å². The Bertz CT molecular complexity index is 701. The number of benzene rings is 1. The first-order valence-electron chi connectivity index (χ1n) is 7.33. The van der Waals surface area contributed by atoms with E-state index in [0.29, 0.717) is 5.82 Å². The Morgan fingerprint density at radius 3 is 2.64 bits per heavy atom. The van der Waals surface area contributed by atoms with Gasteiger partial charge in [0.25, 0.3) is 0 Å². The third-order valence-corrected chi connectivity index (χ3v) is 3.85. The number of anilines is 1. The third kappa shape index (κ3) is 3.47. The average molecular weight is 317 g/mol. The molecule has 0 bridgehead atoms. The van der Waals surface area contributed by atoms with Gasteiger partial charge in [-0.1, -0.05) is 19.1 Å². The number of nitrogens with one attached hydrogen (secondary N) is 1. The van der Waals surface area contributed by atoms with Crippen LogP contribution in [0.15, 0.2) is 18.2 Å². The topological polar surface area (TPSA) is 37.8 Å². The van der Waals surface area contributed by atoms with E-state index in [0.717, 1.165) is 34.6 Å². The number of nitrogens with zero attached hydrogens (tertiary/aromatic N) is 2. The van der Waals surface area contributed by atoms with E-state index in [1.807, 2.05) is 13.8 Å². The van der Waals surface area contributed by atoms with Crippen LogP contribution in [0, 0.1) is 19.7 Å². The molecule has 1 aromatic carbocycles. The number of rotatable bonds is 5. The largest absolute Gasteiger partial charge is 0.367 e. The second-order valence-electron chi connectivity index (χ2n) is 5.41. The molecule has 1 N–H and O–H groups in total. The van der Waals surface area contributed by atoms with Crippen LogP contribution < -0.4 is 5.32 Å². The van der Waals surface area contributed by atoms with Gasteiger partial charge in [-0.25, -0.2) is 14.4 Å². The van der Waals surface area contributed by atoms with Crippen LogP contribution in [0.5, 0.6) is 0 Å². The van der Waals surface area contributed by atoms with E-state index in [4.69, 9.17) is 12.2 Å². The molecule has 0 radical (unpaired) electrons. The van der Waals surface area contributed by atoms with E-state index in [2.05, 4.69) is 29.1 Å². The Balaban J connectivity index is 2.62. The maximum atomic E-state index is 13.3. The Morgan fingerprint density at radius 2 is 2.05 bits per heavy atom. The van der Waals surface area contributed by atoms with Crippen molar-refractivity contribution in [3.63, 3.8) is 0 Å². The van der Waals surface area contributed by atoms with E-state index in [1.165, 1.54) is 12.1 Å². The molecule has 22 heavy (non-hydrogen) atoms. The van der Waals surface area contributed by atoms with Crippen molar-refractivity contribution in [2.24, 2.45) is 0 Å². The van der Waals surface area contributed by atoms with Crippen LogP contribution in [0.25, 0.3) is 11.3 Å². The Kier molecular flexibility index (Phi) is 5.19. The first kappa shape index (κ1) is 16.5. The highest BCUT2D eigenvalue weighted by Crippen LogP contribution is 2.29. The molecular formula is C17H20FN3S. The van der Waals surface area contributed by atoms with Gasteiger partial charge in [0, 0.05) is 17.0 Å². The van der Waals surface area contributed by atoms with Crippen LogP contribution >= 0.6 is 12.2 Å². The van der Waals surface area contributed by atoms with E-state index in [9.17, 15) is 4.39 Å². The molecule has 0 aliphatic heterocycles. The molecule has 1 heterocycles. The van der Waals surface area contributed by atoms with Crippen molar-refractivity contribution in [2.75, 3.05) is 5.32 Å². The minimum absolute atomic E-state index is 0.256. The summed E-state index contributed by atoms with van der Waals surface area (Å²) < 4.78 is 13.3. The summed E-state index contributed by atoms with van der Waals surface area (Å²) in [6, 6.07) is 4.96. The molecule has 0 aliphatic rings. The monoisotopic (exact) mass is 317 g/mol. The Morgan fingerprint density at radius 1 is 1.32 bits per heavy atom. The van der Waals surface area contributed by atoms with Gasteiger partial charge in [-0.15, -0.1) is 0 Å². The predicted molar refractivity (Wildman–Crippen MR) is 93.0 cm³/mol. The zero-order valence-electron chi connectivity index (χ0n) is 13.3. The molecule has 2 rings (SSSR count). The molecule has 116 valence electrons. The van der Waals surface area contributed by atoms with Gasteiger partial charge in [0.05, 0.1) is 11.3 Å². The highest BCUT2D eigenvalue weighted by Gasteiger charge is 2.16. The number of hydrogen-bond acceptors (Lipinski definition) is 4.